The predicted molar refractivity (Wildman–Crippen MR) is 85.2 cm³/mol. The predicted octanol–water partition coefficient (Wildman–Crippen LogP) is 3.58. The van der Waals surface area contributed by atoms with Crippen LogP contribution in [0.1, 0.15) is 37.8 Å². The van der Waals surface area contributed by atoms with Crippen LogP contribution in [0.15, 0.2) is 18.2 Å². The number of carbonyl (C=O) groups is 1. The van der Waals surface area contributed by atoms with Crippen molar-refractivity contribution in [2.75, 3.05) is 19.8 Å². The summed E-state index contributed by atoms with van der Waals surface area (Å²) in [5.41, 5.74) is 2.01. The number of rotatable bonds is 8. The molecule has 1 unspecified atom stereocenters. The molecule has 0 fully saturated rings. The third kappa shape index (κ3) is 7.21. The Balaban J connectivity index is 2.45. The molecule has 0 aliphatic heterocycles. The van der Waals surface area contributed by atoms with Crippen molar-refractivity contribution >= 4 is 5.91 Å². The van der Waals surface area contributed by atoms with E-state index in [-0.39, 0.29) is 13.2 Å². The number of ether oxygens (including phenoxy) is 2. The number of hydrogen-bond donors (Lipinski definition) is 1. The lowest BCUT2D eigenvalue weighted by atomic mass is 10.0. The Morgan fingerprint density at radius 3 is 2.50 bits per heavy atom. The third-order valence-electron chi connectivity index (χ3n) is 3.36. The van der Waals surface area contributed by atoms with Crippen molar-refractivity contribution in [3.05, 3.63) is 29.3 Å². The number of nitrogens with one attached hydrogen (secondary N) is 1. The smallest absolute Gasteiger partial charge is 0.411 e. The number of alkyl halides is 3. The molecule has 0 aliphatic carbocycles. The second kappa shape index (κ2) is 8.92. The van der Waals surface area contributed by atoms with E-state index in [1.807, 2.05) is 25.1 Å². The summed E-state index contributed by atoms with van der Waals surface area (Å²) in [4.78, 5) is 11.9. The molecule has 0 spiro atoms. The van der Waals surface area contributed by atoms with Gasteiger partial charge in [-0.05, 0) is 37.0 Å². The van der Waals surface area contributed by atoms with Gasteiger partial charge in [0.15, 0.2) is 6.10 Å². The van der Waals surface area contributed by atoms with Crippen molar-refractivity contribution in [1.29, 1.82) is 0 Å². The molecule has 24 heavy (non-hydrogen) atoms. The fourth-order valence-corrected chi connectivity index (χ4v) is 1.92. The minimum atomic E-state index is -4.36. The van der Waals surface area contributed by atoms with E-state index in [0.717, 1.165) is 11.1 Å². The van der Waals surface area contributed by atoms with E-state index < -0.39 is 24.8 Å². The second-order valence-electron chi connectivity index (χ2n) is 5.90. The molecule has 4 nitrogen and oxygen atoms in total. The number of benzene rings is 1. The van der Waals surface area contributed by atoms with Crippen molar-refractivity contribution in [3.8, 4) is 5.75 Å². The fraction of sp³-hybridized carbons (Fsp3) is 0.588. The molecule has 1 amide bonds. The lowest BCUT2D eigenvalue weighted by Crippen LogP contribution is -2.38. The molecule has 136 valence electrons. The van der Waals surface area contributed by atoms with Crippen LogP contribution in [0.5, 0.6) is 5.75 Å². The van der Waals surface area contributed by atoms with Crippen LogP contribution in [0.3, 0.4) is 0 Å². The summed E-state index contributed by atoms with van der Waals surface area (Å²) in [5, 5.41) is 2.49. The number of aryl methyl sites for hydroxylation is 1. The minimum absolute atomic E-state index is 0.00632. The van der Waals surface area contributed by atoms with Crippen LogP contribution in [0.4, 0.5) is 13.2 Å². The lowest BCUT2D eigenvalue weighted by molar-refractivity contribution is -0.173. The standard InChI is InChI=1S/C17H24F3NO3/c1-11(2)14-6-5-12(3)15(9-14)24-13(4)16(22)21-7-8-23-10-17(18,19)20/h5-6,9,11,13H,7-8,10H2,1-4H3,(H,21,22). The summed E-state index contributed by atoms with van der Waals surface area (Å²) in [6, 6.07) is 5.84. The van der Waals surface area contributed by atoms with Crippen LogP contribution in [0.2, 0.25) is 0 Å². The summed E-state index contributed by atoms with van der Waals surface area (Å²) >= 11 is 0. The molecule has 1 aromatic rings. The SMILES string of the molecule is Cc1ccc(C(C)C)cc1OC(C)C(=O)NCCOCC(F)(F)F. The monoisotopic (exact) mass is 347 g/mol. The zero-order valence-electron chi connectivity index (χ0n) is 14.4. The number of carbonyl (C=O) groups excluding carboxylic acids is 1. The molecule has 0 bridgehead atoms. The molecule has 0 saturated heterocycles. The Kier molecular flexibility index (Phi) is 7.54. The Bertz CT molecular complexity index is 544. The number of halogens is 3. The molecule has 0 aliphatic rings. The first-order chi connectivity index (χ1) is 11.1. The third-order valence-corrected chi connectivity index (χ3v) is 3.36. The maximum Gasteiger partial charge on any atom is 0.411 e. The Hall–Kier alpha value is -1.76. The molecule has 1 rings (SSSR count). The van der Waals surface area contributed by atoms with Gasteiger partial charge in [-0.25, -0.2) is 0 Å². The van der Waals surface area contributed by atoms with E-state index in [4.69, 9.17) is 4.74 Å². The van der Waals surface area contributed by atoms with E-state index in [1.54, 1.807) is 6.92 Å². The minimum Gasteiger partial charge on any atom is -0.481 e. The van der Waals surface area contributed by atoms with Crippen LogP contribution in [-0.4, -0.2) is 37.9 Å². The highest BCUT2D eigenvalue weighted by Crippen LogP contribution is 2.25. The van der Waals surface area contributed by atoms with Gasteiger partial charge in [0.2, 0.25) is 0 Å². The molecule has 0 saturated carbocycles. The van der Waals surface area contributed by atoms with E-state index >= 15 is 0 Å². The van der Waals surface area contributed by atoms with E-state index in [2.05, 4.69) is 23.9 Å². The maximum absolute atomic E-state index is 11.9. The molecular formula is C17H24F3NO3. The van der Waals surface area contributed by atoms with Crippen LogP contribution in [0.25, 0.3) is 0 Å². The first-order valence-corrected chi connectivity index (χ1v) is 7.79. The highest BCUT2D eigenvalue weighted by atomic mass is 19.4. The largest absolute Gasteiger partial charge is 0.481 e. The Labute approximate surface area is 140 Å². The van der Waals surface area contributed by atoms with Gasteiger partial charge in [0, 0.05) is 6.54 Å². The van der Waals surface area contributed by atoms with Gasteiger partial charge in [-0.15, -0.1) is 0 Å². The van der Waals surface area contributed by atoms with Crippen molar-refractivity contribution in [2.24, 2.45) is 0 Å². The van der Waals surface area contributed by atoms with E-state index in [0.29, 0.717) is 11.7 Å². The first-order valence-electron chi connectivity index (χ1n) is 7.79. The zero-order chi connectivity index (χ0) is 18.3. The molecule has 7 heteroatoms. The van der Waals surface area contributed by atoms with Gasteiger partial charge in [0.1, 0.15) is 12.4 Å². The van der Waals surface area contributed by atoms with Gasteiger partial charge >= 0.3 is 6.18 Å². The molecule has 0 radical (unpaired) electrons. The van der Waals surface area contributed by atoms with Gasteiger partial charge in [0.25, 0.3) is 5.91 Å². The fourth-order valence-electron chi connectivity index (χ4n) is 1.92. The van der Waals surface area contributed by atoms with Crippen LogP contribution >= 0.6 is 0 Å². The molecular weight excluding hydrogens is 323 g/mol. The Morgan fingerprint density at radius 2 is 1.92 bits per heavy atom. The summed E-state index contributed by atoms with van der Waals surface area (Å²) in [6.45, 7) is 6.06. The van der Waals surface area contributed by atoms with Crippen LogP contribution in [0, 0.1) is 6.92 Å². The quantitative estimate of drug-likeness (QED) is 0.731. The summed E-state index contributed by atoms with van der Waals surface area (Å²) in [6.07, 6.45) is -5.12. The summed E-state index contributed by atoms with van der Waals surface area (Å²) in [5.74, 6) is 0.556. The molecule has 1 aromatic carbocycles. The molecule has 1 N–H and O–H groups in total. The highest BCUT2D eigenvalue weighted by Gasteiger charge is 2.27. The van der Waals surface area contributed by atoms with Crippen molar-refractivity contribution in [1.82, 2.24) is 5.32 Å². The summed E-state index contributed by atoms with van der Waals surface area (Å²) < 4.78 is 45.8. The maximum atomic E-state index is 11.9. The molecule has 0 heterocycles. The lowest BCUT2D eigenvalue weighted by Gasteiger charge is -2.18. The highest BCUT2D eigenvalue weighted by molar-refractivity contribution is 5.80. The van der Waals surface area contributed by atoms with E-state index in [1.165, 1.54) is 0 Å². The van der Waals surface area contributed by atoms with E-state index in [9.17, 15) is 18.0 Å². The topological polar surface area (TPSA) is 47.6 Å². The number of hydrogen-bond acceptors (Lipinski definition) is 3. The first kappa shape index (κ1) is 20.3. The normalized spacial score (nSPS) is 13.0. The van der Waals surface area contributed by atoms with Crippen molar-refractivity contribution < 1.29 is 27.4 Å². The number of amides is 1. The van der Waals surface area contributed by atoms with Crippen molar-refractivity contribution in [2.45, 2.75) is 45.9 Å². The molecule has 1 atom stereocenters. The average molecular weight is 347 g/mol. The second-order valence-corrected chi connectivity index (χ2v) is 5.90. The van der Waals surface area contributed by atoms with Gasteiger partial charge in [0.05, 0.1) is 6.61 Å². The van der Waals surface area contributed by atoms with Gasteiger partial charge < -0.3 is 14.8 Å². The van der Waals surface area contributed by atoms with Crippen LogP contribution in [-0.2, 0) is 9.53 Å². The average Bonchev–Trinajstić information content (AvgIpc) is 2.47. The van der Waals surface area contributed by atoms with Gasteiger partial charge in [-0.2, -0.15) is 13.2 Å². The van der Waals surface area contributed by atoms with Gasteiger partial charge in [-0.1, -0.05) is 26.0 Å². The van der Waals surface area contributed by atoms with Crippen LogP contribution < -0.4 is 10.1 Å². The van der Waals surface area contributed by atoms with Crippen molar-refractivity contribution in [3.63, 3.8) is 0 Å². The van der Waals surface area contributed by atoms with Gasteiger partial charge in [-0.3, -0.25) is 4.79 Å². The summed E-state index contributed by atoms with van der Waals surface area (Å²) in [7, 11) is 0. The Morgan fingerprint density at radius 1 is 1.25 bits per heavy atom. The molecule has 0 aromatic heterocycles. The zero-order valence-corrected chi connectivity index (χ0v) is 14.4.